The molecule has 0 saturated carbocycles. The Morgan fingerprint density at radius 3 is 2.74 bits per heavy atom. The summed E-state index contributed by atoms with van der Waals surface area (Å²) in [6, 6.07) is 9.96. The van der Waals surface area contributed by atoms with E-state index in [1.54, 1.807) is 0 Å². The number of rotatable bonds is 5. The van der Waals surface area contributed by atoms with E-state index < -0.39 is 0 Å². The summed E-state index contributed by atoms with van der Waals surface area (Å²) in [6.45, 7) is 1.90. The van der Waals surface area contributed by atoms with Crippen LogP contribution in [-0.2, 0) is 11.2 Å². The van der Waals surface area contributed by atoms with Gasteiger partial charge in [-0.3, -0.25) is 4.79 Å². The second-order valence-electron chi connectivity index (χ2n) is 5.04. The Bertz CT molecular complexity index is 811. The predicted molar refractivity (Wildman–Crippen MR) is 95.8 cm³/mol. The lowest BCUT2D eigenvalue weighted by Gasteiger charge is -2.01. The maximum absolute atomic E-state index is 12.1. The van der Waals surface area contributed by atoms with Crippen molar-refractivity contribution in [1.82, 2.24) is 9.97 Å². The summed E-state index contributed by atoms with van der Waals surface area (Å²) in [6.07, 6.45) is 1.15. The number of nitrogens with two attached hydrogens (primary N) is 1. The second kappa shape index (κ2) is 6.89. The molecule has 3 N–H and O–H groups in total. The average molecular weight is 344 g/mol. The number of aromatic nitrogens is 2. The number of carbonyl (C=O) groups excluding carboxylic acids is 1. The van der Waals surface area contributed by atoms with E-state index in [2.05, 4.69) is 15.3 Å². The Hall–Kier alpha value is -2.25. The van der Waals surface area contributed by atoms with Gasteiger partial charge in [0, 0.05) is 11.8 Å². The molecular weight excluding hydrogens is 328 g/mol. The highest BCUT2D eigenvalue weighted by molar-refractivity contribution is 7.19. The molecule has 118 valence electrons. The van der Waals surface area contributed by atoms with E-state index in [0.717, 1.165) is 21.8 Å². The van der Waals surface area contributed by atoms with Gasteiger partial charge in [0.1, 0.15) is 0 Å². The molecule has 0 radical (unpaired) electrons. The fraction of sp³-hybridized carbons (Fsp3) is 0.188. The first-order chi connectivity index (χ1) is 11.1. The van der Waals surface area contributed by atoms with Crippen LogP contribution in [0, 0.1) is 6.92 Å². The number of nitrogen functional groups attached to an aromatic ring is 1. The molecule has 0 aliphatic carbocycles. The number of hydrogen-bond donors (Lipinski definition) is 2. The highest BCUT2D eigenvalue weighted by Crippen LogP contribution is 2.33. The minimum atomic E-state index is -0.0352. The fourth-order valence-electron chi connectivity index (χ4n) is 2.16. The number of carbonyl (C=O) groups is 1. The van der Waals surface area contributed by atoms with E-state index in [4.69, 9.17) is 5.73 Å². The SMILES string of the molecule is Cc1nc(NC(=O)CCc2ccccc2)sc1-c1csc(N)n1. The van der Waals surface area contributed by atoms with Gasteiger partial charge in [0.25, 0.3) is 0 Å². The Morgan fingerprint density at radius 2 is 2.04 bits per heavy atom. The molecular formula is C16H16N4OS2. The minimum Gasteiger partial charge on any atom is -0.375 e. The van der Waals surface area contributed by atoms with Crippen LogP contribution in [0.4, 0.5) is 10.3 Å². The smallest absolute Gasteiger partial charge is 0.226 e. The average Bonchev–Trinajstić information content (AvgIpc) is 3.12. The van der Waals surface area contributed by atoms with Crippen molar-refractivity contribution in [2.24, 2.45) is 0 Å². The molecule has 0 fully saturated rings. The topological polar surface area (TPSA) is 80.9 Å². The highest BCUT2D eigenvalue weighted by atomic mass is 32.1. The van der Waals surface area contributed by atoms with Gasteiger partial charge in [-0.25, -0.2) is 9.97 Å². The Kier molecular flexibility index (Phi) is 4.68. The van der Waals surface area contributed by atoms with E-state index in [0.29, 0.717) is 23.1 Å². The molecule has 1 aromatic carbocycles. The Balaban J connectivity index is 1.63. The first-order valence-electron chi connectivity index (χ1n) is 7.14. The quantitative estimate of drug-likeness (QED) is 0.739. The third kappa shape index (κ3) is 3.94. The molecule has 0 aliphatic rings. The van der Waals surface area contributed by atoms with Crippen molar-refractivity contribution >= 4 is 38.8 Å². The molecule has 2 aromatic heterocycles. The highest BCUT2D eigenvalue weighted by Gasteiger charge is 2.14. The van der Waals surface area contributed by atoms with Gasteiger partial charge < -0.3 is 11.1 Å². The molecule has 0 bridgehead atoms. The third-order valence-corrected chi connectivity index (χ3v) is 5.05. The van der Waals surface area contributed by atoms with Gasteiger partial charge in [-0.05, 0) is 18.9 Å². The molecule has 0 saturated heterocycles. The summed E-state index contributed by atoms with van der Waals surface area (Å²) in [5.74, 6) is -0.0352. The van der Waals surface area contributed by atoms with Crippen LogP contribution in [0.3, 0.4) is 0 Å². The molecule has 0 aliphatic heterocycles. The summed E-state index contributed by atoms with van der Waals surface area (Å²) < 4.78 is 0. The van der Waals surface area contributed by atoms with Crippen LogP contribution >= 0.6 is 22.7 Å². The third-order valence-electron chi connectivity index (χ3n) is 3.28. The molecule has 2 heterocycles. The summed E-state index contributed by atoms with van der Waals surface area (Å²) in [5, 5.41) is 5.89. The molecule has 1 amide bonds. The standard InChI is InChI=1S/C16H16N4OS2/c1-10-14(12-9-22-15(17)19-12)23-16(18-10)20-13(21)8-7-11-5-3-2-4-6-11/h2-6,9H,7-8H2,1H3,(H2,17,19)(H,18,20,21). The maximum atomic E-state index is 12.1. The number of thiazole rings is 2. The van der Waals surface area contributed by atoms with Crippen molar-refractivity contribution in [2.75, 3.05) is 11.1 Å². The van der Waals surface area contributed by atoms with Crippen molar-refractivity contribution in [3.05, 3.63) is 47.0 Å². The van der Waals surface area contributed by atoms with Gasteiger partial charge in [0.2, 0.25) is 5.91 Å². The second-order valence-corrected chi connectivity index (χ2v) is 6.93. The molecule has 0 spiro atoms. The van der Waals surface area contributed by atoms with Crippen molar-refractivity contribution in [1.29, 1.82) is 0 Å². The van der Waals surface area contributed by atoms with E-state index in [9.17, 15) is 4.79 Å². The fourth-order valence-corrected chi connectivity index (χ4v) is 3.74. The molecule has 7 heteroatoms. The van der Waals surface area contributed by atoms with Crippen LogP contribution in [-0.4, -0.2) is 15.9 Å². The summed E-state index contributed by atoms with van der Waals surface area (Å²) >= 11 is 2.82. The lowest BCUT2D eigenvalue weighted by Crippen LogP contribution is -2.12. The molecule has 3 rings (SSSR count). The number of hydrogen-bond acceptors (Lipinski definition) is 6. The van der Waals surface area contributed by atoms with Crippen LogP contribution in [0.1, 0.15) is 17.7 Å². The monoisotopic (exact) mass is 344 g/mol. The van der Waals surface area contributed by atoms with Crippen LogP contribution in [0.15, 0.2) is 35.7 Å². The molecule has 5 nitrogen and oxygen atoms in total. The minimum absolute atomic E-state index is 0.0352. The molecule has 0 unspecified atom stereocenters. The van der Waals surface area contributed by atoms with Gasteiger partial charge in [0.05, 0.1) is 16.3 Å². The van der Waals surface area contributed by atoms with E-state index in [1.807, 2.05) is 42.6 Å². The van der Waals surface area contributed by atoms with Crippen LogP contribution < -0.4 is 11.1 Å². The van der Waals surface area contributed by atoms with Crippen molar-refractivity contribution < 1.29 is 4.79 Å². The zero-order valence-corrected chi connectivity index (χ0v) is 14.2. The number of anilines is 2. The van der Waals surface area contributed by atoms with Crippen LogP contribution in [0.2, 0.25) is 0 Å². The van der Waals surface area contributed by atoms with Crippen molar-refractivity contribution in [2.45, 2.75) is 19.8 Å². The molecule has 23 heavy (non-hydrogen) atoms. The lowest BCUT2D eigenvalue weighted by atomic mass is 10.1. The lowest BCUT2D eigenvalue weighted by molar-refractivity contribution is -0.116. The van der Waals surface area contributed by atoms with Gasteiger partial charge in [-0.2, -0.15) is 0 Å². The summed E-state index contributed by atoms with van der Waals surface area (Å²) in [4.78, 5) is 21.7. The van der Waals surface area contributed by atoms with Crippen molar-refractivity contribution in [3.63, 3.8) is 0 Å². The zero-order valence-electron chi connectivity index (χ0n) is 12.6. The Morgan fingerprint density at radius 1 is 1.26 bits per heavy atom. The largest absolute Gasteiger partial charge is 0.375 e. The first kappa shape index (κ1) is 15.6. The normalized spacial score (nSPS) is 10.7. The number of nitrogens with one attached hydrogen (secondary N) is 1. The van der Waals surface area contributed by atoms with Gasteiger partial charge in [-0.1, -0.05) is 41.7 Å². The number of aryl methyl sites for hydroxylation is 2. The first-order valence-corrected chi connectivity index (χ1v) is 8.84. The van der Waals surface area contributed by atoms with Crippen molar-refractivity contribution in [3.8, 4) is 10.6 Å². The van der Waals surface area contributed by atoms with Crippen LogP contribution in [0.5, 0.6) is 0 Å². The zero-order chi connectivity index (χ0) is 16.2. The summed E-state index contributed by atoms with van der Waals surface area (Å²) in [7, 11) is 0. The molecule has 0 atom stereocenters. The van der Waals surface area contributed by atoms with Crippen LogP contribution in [0.25, 0.3) is 10.6 Å². The van der Waals surface area contributed by atoms with Gasteiger partial charge >= 0.3 is 0 Å². The maximum Gasteiger partial charge on any atom is 0.226 e. The molecule has 3 aromatic rings. The van der Waals surface area contributed by atoms with E-state index in [-0.39, 0.29) is 5.91 Å². The number of benzene rings is 1. The number of amides is 1. The summed E-state index contributed by atoms with van der Waals surface area (Å²) in [5.41, 5.74) is 8.48. The number of nitrogens with zero attached hydrogens (tertiary/aromatic N) is 2. The van der Waals surface area contributed by atoms with Gasteiger partial charge in [-0.15, -0.1) is 11.3 Å². The predicted octanol–water partition coefficient (Wildman–Crippen LogP) is 3.73. The van der Waals surface area contributed by atoms with Gasteiger partial charge in [0.15, 0.2) is 10.3 Å². The van der Waals surface area contributed by atoms with E-state index >= 15 is 0 Å². The van der Waals surface area contributed by atoms with E-state index in [1.165, 1.54) is 22.7 Å². The Labute approximate surface area is 142 Å².